The highest BCUT2D eigenvalue weighted by Crippen LogP contribution is 2.20. The van der Waals surface area contributed by atoms with Gasteiger partial charge in [-0.3, -0.25) is 0 Å². The zero-order valence-electron chi connectivity index (χ0n) is 7.90. The van der Waals surface area contributed by atoms with Crippen molar-refractivity contribution in [3.8, 4) is 11.3 Å². The molecule has 1 N–H and O–H groups in total. The first-order valence-electron chi connectivity index (χ1n) is 4.43. The number of hydrogen-bond acceptors (Lipinski definition) is 3. The molecule has 0 aliphatic rings. The van der Waals surface area contributed by atoms with Gasteiger partial charge in [0, 0.05) is 11.6 Å². The number of aliphatic hydroxyl groups excluding tert-OH is 1. The van der Waals surface area contributed by atoms with Crippen LogP contribution in [-0.4, -0.2) is 10.3 Å². The summed E-state index contributed by atoms with van der Waals surface area (Å²) in [6.45, 7) is 1.92. The molecule has 0 aliphatic heterocycles. The molecule has 0 atom stereocenters. The Hall–Kier alpha value is -1.61. The number of nitrogens with zero attached hydrogens (tertiary/aromatic N) is 1. The number of aromatic nitrogens is 1. The molecule has 3 heteroatoms. The van der Waals surface area contributed by atoms with E-state index >= 15 is 0 Å². The van der Waals surface area contributed by atoms with E-state index in [9.17, 15) is 0 Å². The van der Waals surface area contributed by atoms with Gasteiger partial charge in [-0.2, -0.15) is 0 Å². The fourth-order valence-electron chi connectivity index (χ4n) is 1.32. The molecule has 0 radical (unpaired) electrons. The van der Waals surface area contributed by atoms with Crippen LogP contribution >= 0.6 is 0 Å². The van der Waals surface area contributed by atoms with Crippen LogP contribution in [0, 0.1) is 6.92 Å². The fourth-order valence-corrected chi connectivity index (χ4v) is 1.32. The molecule has 0 saturated carbocycles. The van der Waals surface area contributed by atoms with Gasteiger partial charge in [0.15, 0.2) is 5.76 Å². The van der Waals surface area contributed by atoms with Gasteiger partial charge in [-0.05, 0) is 18.6 Å². The van der Waals surface area contributed by atoms with Crippen LogP contribution in [0.5, 0.6) is 0 Å². The highest BCUT2D eigenvalue weighted by molar-refractivity contribution is 5.58. The van der Waals surface area contributed by atoms with E-state index in [4.69, 9.17) is 9.63 Å². The van der Waals surface area contributed by atoms with Crippen LogP contribution < -0.4 is 0 Å². The molecular weight excluding hydrogens is 178 g/mol. The Kier molecular flexibility index (Phi) is 2.33. The van der Waals surface area contributed by atoms with E-state index in [0.29, 0.717) is 0 Å². The molecular formula is C11H11NO2. The minimum Gasteiger partial charge on any atom is -0.392 e. The Bertz CT molecular complexity index is 434. The molecule has 0 aliphatic carbocycles. The van der Waals surface area contributed by atoms with Gasteiger partial charge < -0.3 is 9.63 Å². The lowest BCUT2D eigenvalue weighted by atomic mass is 10.1. The van der Waals surface area contributed by atoms with Crippen LogP contribution in [-0.2, 0) is 6.61 Å². The third kappa shape index (κ3) is 1.67. The Morgan fingerprint density at radius 1 is 1.36 bits per heavy atom. The lowest BCUT2D eigenvalue weighted by molar-refractivity contribution is 0.282. The summed E-state index contributed by atoms with van der Waals surface area (Å²) in [7, 11) is 0. The van der Waals surface area contributed by atoms with E-state index in [2.05, 4.69) is 5.16 Å². The Morgan fingerprint density at radius 2 is 2.21 bits per heavy atom. The van der Waals surface area contributed by atoms with Crippen molar-refractivity contribution in [1.82, 2.24) is 5.16 Å². The van der Waals surface area contributed by atoms with Crippen LogP contribution in [0.3, 0.4) is 0 Å². The first kappa shape index (κ1) is 8.97. The van der Waals surface area contributed by atoms with Gasteiger partial charge in [0.2, 0.25) is 0 Å². The summed E-state index contributed by atoms with van der Waals surface area (Å²) < 4.78 is 5.12. The van der Waals surface area contributed by atoms with Gasteiger partial charge >= 0.3 is 0 Å². The van der Waals surface area contributed by atoms with E-state index < -0.39 is 0 Å². The number of rotatable bonds is 2. The van der Waals surface area contributed by atoms with Crippen molar-refractivity contribution in [2.45, 2.75) is 13.5 Å². The zero-order valence-corrected chi connectivity index (χ0v) is 7.90. The summed E-state index contributed by atoms with van der Waals surface area (Å²) in [4.78, 5) is 0. The molecule has 1 aromatic heterocycles. The van der Waals surface area contributed by atoms with Crippen molar-refractivity contribution in [3.63, 3.8) is 0 Å². The molecule has 72 valence electrons. The fraction of sp³-hybridized carbons (Fsp3) is 0.182. The van der Waals surface area contributed by atoms with Gasteiger partial charge in [-0.15, -0.1) is 0 Å². The molecule has 0 unspecified atom stereocenters. The molecule has 0 fully saturated rings. The smallest absolute Gasteiger partial charge is 0.167 e. The number of hydrogen-bond donors (Lipinski definition) is 1. The molecule has 0 saturated heterocycles. The molecule has 0 spiro atoms. The van der Waals surface area contributed by atoms with Crippen molar-refractivity contribution in [2.75, 3.05) is 0 Å². The van der Waals surface area contributed by atoms with Gasteiger partial charge in [0.05, 0.1) is 12.3 Å². The second kappa shape index (κ2) is 3.64. The third-order valence-electron chi connectivity index (χ3n) is 2.02. The second-order valence-corrected chi connectivity index (χ2v) is 3.19. The summed E-state index contributed by atoms with van der Waals surface area (Å²) in [5.41, 5.74) is 2.67. The number of aryl methyl sites for hydroxylation is 1. The van der Waals surface area contributed by atoms with E-state index in [1.165, 1.54) is 0 Å². The first-order chi connectivity index (χ1) is 6.79. The van der Waals surface area contributed by atoms with E-state index in [1.807, 2.05) is 37.3 Å². The quantitative estimate of drug-likeness (QED) is 0.787. The first-order valence-corrected chi connectivity index (χ1v) is 4.43. The van der Waals surface area contributed by atoms with Gasteiger partial charge in [-0.1, -0.05) is 23.4 Å². The summed E-state index contributed by atoms with van der Waals surface area (Å²) in [6, 6.07) is 9.45. The molecule has 2 rings (SSSR count). The summed E-state index contributed by atoms with van der Waals surface area (Å²) >= 11 is 0. The van der Waals surface area contributed by atoms with Crippen LogP contribution in [0.15, 0.2) is 34.9 Å². The molecule has 1 heterocycles. The van der Waals surface area contributed by atoms with Gasteiger partial charge in [0.25, 0.3) is 0 Å². The normalized spacial score (nSPS) is 10.4. The maximum absolute atomic E-state index is 8.97. The molecule has 0 bridgehead atoms. The topological polar surface area (TPSA) is 46.3 Å². The van der Waals surface area contributed by atoms with Gasteiger partial charge in [-0.25, -0.2) is 0 Å². The Morgan fingerprint density at radius 3 is 2.86 bits per heavy atom. The van der Waals surface area contributed by atoms with Crippen LogP contribution in [0.4, 0.5) is 0 Å². The third-order valence-corrected chi connectivity index (χ3v) is 2.02. The molecule has 0 amide bonds. The maximum Gasteiger partial charge on any atom is 0.167 e. The van der Waals surface area contributed by atoms with Crippen molar-refractivity contribution in [3.05, 3.63) is 41.6 Å². The number of aliphatic hydroxyl groups is 1. The SMILES string of the molecule is Cc1cc(-c2cccc(CO)c2)on1. The predicted molar refractivity (Wildman–Crippen MR) is 52.6 cm³/mol. The average molecular weight is 189 g/mol. The molecule has 2 aromatic rings. The molecule has 3 nitrogen and oxygen atoms in total. The van der Waals surface area contributed by atoms with Crippen LogP contribution in [0.2, 0.25) is 0 Å². The maximum atomic E-state index is 8.97. The Labute approximate surface area is 82.0 Å². The van der Waals surface area contributed by atoms with Crippen molar-refractivity contribution in [1.29, 1.82) is 0 Å². The van der Waals surface area contributed by atoms with E-state index in [1.54, 1.807) is 0 Å². The highest BCUT2D eigenvalue weighted by Gasteiger charge is 2.04. The lowest BCUT2D eigenvalue weighted by Gasteiger charge is -1.98. The summed E-state index contributed by atoms with van der Waals surface area (Å²) in [5, 5.41) is 12.8. The Balaban J connectivity index is 2.41. The van der Waals surface area contributed by atoms with Crippen molar-refractivity contribution < 1.29 is 9.63 Å². The zero-order chi connectivity index (χ0) is 9.97. The monoisotopic (exact) mass is 189 g/mol. The second-order valence-electron chi connectivity index (χ2n) is 3.19. The minimum absolute atomic E-state index is 0.0426. The summed E-state index contributed by atoms with van der Waals surface area (Å²) in [5.74, 6) is 0.734. The highest BCUT2D eigenvalue weighted by atomic mass is 16.5. The minimum atomic E-state index is 0.0426. The van der Waals surface area contributed by atoms with Crippen molar-refractivity contribution in [2.24, 2.45) is 0 Å². The van der Waals surface area contributed by atoms with E-state index in [0.717, 1.165) is 22.6 Å². The number of benzene rings is 1. The van der Waals surface area contributed by atoms with Crippen molar-refractivity contribution >= 4 is 0 Å². The van der Waals surface area contributed by atoms with E-state index in [-0.39, 0.29) is 6.61 Å². The molecule has 1 aromatic carbocycles. The standard InChI is InChI=1S/C11H11NO2/c1-8-5-11(14-12-8)10-4-2-3-9(6-10)7-13/h2-6,13H,7H2,1H3. The van der Waals surface area contributed by atoms with Crippen LogP contribution in [0.25, 0.3) is 11.3 Å². The van der Waals surface area contributed by atoms with Gasteiger partial charge in [0.1, 0.15) is 0 Å². The predicted octanol–water partition coefficient (Wildman–Crippen LogP) is 2.14. The lowest BCUT2D eigenvalue weighted by Crippen LogP contribution is -1.82. The average Bonchev–Trinajstić information content (AvgIpc) is 2.65. The largest absolute Gasteiger partial charge is 0.392 e. The van der Waals surface area contributed by atoms with Crippen LogP contribution in [0.1, 0.15) is 11.3 Å². The summed E-state index contributed by atoms with van der Waals surface area (Å²) in [6.07, 6.45) is 0. The molecule has 14 heavy (non-hydrogen) atoms.